The molecule has 0 aliphatic heterocycles. The Bertz CT molecular complexity index is 600. The summed E-state index contributed by atoms with van der Waals surface area (Å²) in [5.41, 5.74) is 1.33. The second kappa shape index (κ2) is 4.05. The van der Waals surface area contributed by atoms with Gasteiger partial charge in [-0.25, -0.2) is 0 Å². The number of pyridine rings is 1. The number of H-pyrrole nitrogens is 1. The fourth-order valence-corrected chi connectivity index (χ4v) is 2.05. The van der Waals surface area contributed by atoms with Crippen molar-refractivity contribution < 1.29 is 9.53 Å². The van der Waals surface area contributed by atoms with Gasteiger partial charge in [-0.15, -0.1) is 0 Å². The molecule has 0 aromatic carbocycles. The number of aryl methyl sites for hydroxylation is 1. The second-order valence-electron chi connectivity index (χ2n) is 3.30. The number of ether oxygens (including phenoxy) is 1. The van der Waals surface area contributed by atoms with Gasteiger partial charge in [0, 0.05) is 12.5 Å². The zero-order chi connectivity index (χ0) is 11.7. The Morgan fingerprint density at radius 3 is 3.06 bits per heavy atom. The lowest BCUT2D eigenvalue weighted by molar-refractivity contribution is -0.134. The van der Waals surface area contributed by atoms with Crippen molar-refractivity contribution in [1.82, 2.24) is 9.97 Å². The Morgan fingerprint density at radius 1 is 1.62 bits per heavy atom. The van der Waals surface area contributed by atoms with Crippen LogP contribution in [0.15, 0.2) is 10.9 Å². The van der Waals surface area contributed by atoms with E-state index in [0.717, 1.165) is 21.6 Å². The van der Waals surface area contributed by atoms with E-state index in [1.165, 1.54) is 0 Å². The number of nitrogens with zero attached hydrogens (tertiary/aromatic N) is 1. The van der Waals surface area contributed by atoms with Crippen molar-refractivity contribution in [3.05, 3.63) is 21.3 Å². The van der Waals surface area contributed by atoms with Gasteiger partial charge in [0.1, 0.15) is 0 Å². The van der Waals surface area contributed by atoms with Crippen LogP contribution in [0.2, 0.25) is 0 Å². The summed E-state index contributed by atoms with van der Waals surface area (Å²) >= 11 is 1.10. The molecule has 2 aromatic rings. The highest BCUT2D eigenvalue weighted by molar-refractivity contribution is 7.16. The van der Waals surface area contributed by atoms with Gasteiger partial charge in [0.15, 0.2) is 5.65 Å². The van der Waals surface area contributed by atoms with E-state index in [-0.39, 0.29) is 16.7 Å². The molecule has 0 aliphatic carbocycles. The van der Waals surface area contributed by atoms with E-state index >= 15 is 0 Å². The van der Waals surface area contributed by atoms with Crippen LogP contribution in [0.1, 0.15) is 18.9 Å². The molecule has 0 aliphatic rings. The number of nitrogens with one attached hydrogen (secondary N) is 1. The quantitative estimate of drug-likeness (QED) is 0.807. The van der Waals surface area contributed by atoms with E-state index < -0.39 is 0 Å². The summed E-state index contributed by atoms with van der Waals surface area (Å²) in [6, 6.07) is 1.65. The lowest BCUT2D eigenvalue weighted by Gasteiger charge is -2.02. The third kappa shape index (κ3) is 1.96. The van der Waals surface area contributed by atoms with Gasteiger partial charge in [-0.1, -0.05) is 18.3 Å². The smallest absolute Gasteiger partial charge is 0.312 e. The molecule has 0 unspecified atom stereocenters. The summed E-state index contributed by atoms with van der Waals surface area (Å²) in [7, 11) is 0. The molecule has 0 atom stereocenters. The van der Waals surface area contributed by atoms with Gasteiger partial charge in [0.05, 0.1) is 4.70 Å². The van der Waals surface area contributed by atoms with E-state index in [1.54, 1.807) is 13.0 Å². The predicted molar refractivity (Wildman–Crippen MR) is 60.9 cm³/mol. The fraction of sp³-hybridized carbons (Fsp3) is 0.300. The summed E-state index contributed by atoms with van der Waals surface area (Å²) < 4.78 is 5.79. The van der Waals surface area contributed by atoms with Crippen LogP contribution in [0.4, 0.5) is 0 Å². The summed E-state index contributed by atoms with van der Waals surface area (Å²) in [6.07, 6.45) is 0.291. The fourth-order valence-electron chi connectivity index (χ4n) is 1.30. The standard InChI is InChI=1S/C10H10N2O3S/c1-3-7(13)15-6-4-5(2)8-9(11-6)12-10(14)16-8/h4H,3H2,1-2H3,(H,11,12,14). The first-order chi connectivity index (χ1) is 7.60. The zero-order valence-corrected chi connectivity index (χ0v) is 9.68. The molecule has 0 spiro atoms. The molecule has 0 radical (unpaired) electrons. The van der Waals surface area contributed by atoms with Crippen molar-refractivity contribution in [1.29, 1.82) is 0 Å². The Balaban J connectivity index is 2.49. The molecule has 0 saturated heterocycles. The molecule has 16 heavy (non-hydrogen) atoms. The normalized spacial score (nSPS) is 10.6. The minimum absolute atomic E-state index is 0.162. The minimum Gasteiger partial charge on any atom is -0.407 e. The van der Waals surface area contributed by atoms with Crippen LogP contribution in [0.25, 0.3) is 10.3 Å². The summed E-state index contributed by atoms with van der Waals surface area (Å²) in [6.45, 7) is 3.55. The number of rotatable bonds is 2. The lowest BCUT2D eigenvalue weighted by Crippen LogP contribution is -2.07. The number of thiazole rings is 1. The van der Waals surface area contributed by atoms with Crippen LogP contribution in [-0.2, 0) is 4.79 Å². The SMILES string of the molecule is CCC(=O)Oc1cc(C)c2sc(=O)[nH]c2n1. The van der Waals surface area contributed by atoms with Gasteiger partial charge >= 0.3 is 10.8 Å². The van der Waals surface area contributed by atoms with Gasteiger partial charge in [0.2, 0.25) is 5.88 Å². The van der Waals surface area contributed by atoms with Crippen molar-refractivity contribution in [2.75, 3.05) is 0 Å². The van der Waals surface area contributed by atoms with Crippen LogP contribution in [0.3, 0.4) is 0 Å². The van der Waals surface area contributed by atoms with Crippen LogP contribution in [0.5, 0.6) is 5.88 Å². The minimum atomic E-state index is -0.344. The number of carbonyl (C=O) groups excluding carboxylic acids is 1. The topological polar surface area (TPSA) is 72.1 Å². The van der Waals surface area contributed by atoms with Crippen LogP contribution < -0.4 is 9.61 Å². The van der Waals surface area contributed by atoms with Gasteiger partial charge in [-0.3, -0.25) is 14.6 Å². The maximum atomic E-state index is 11.1. The molecule has 1 N–H and O–H groups in total. The van der Waals surface area contributed by atoms with Crippen molar-refractivity contribution in [2.45, 2.75) is 20.3 Å². The van der Waals surface area contributed by atoms with Crippen molar-refractivity contribution >= 4 is 27.7 Å². The maximum Gasteiger partial charge on any atom is 0.312 e. The molecule has 0 amide bonds. The molecular weight excluding hydrogens is 228 g/mol. The third-order valence-electron chi connectivity index (χ3n) is 2.06. The monoisotopic (exact) mass is 238 g/mol. The van der Waals surface area contributed by atoms with Crippen molar-refractivity contribution in [3.8, 4) is 5.88 Å². The predicted octanol–water partition coefficient (Wildman–Crippen LogP) is 1.61. The molecule has 84 valence electrons. The number of aromatic amines is 1. The molecule has 2 rings (SSSR count). The summed E-state index contributed by atoms with van der Waals surface area (Å²) in [4.78, 5) is 28.7. The van der Waals surface area contributed by atoms with Crippen LogP contribution >= 0.6 is 11.3 Å². The molecule has 5 nitrogen and oxygen atoms in total. The summed E-state index contributed by atoms with van der Waals surface area (Å²) in [5.74, 6) is -0.116. The maximum absolute atomic E-state index is 11.1. The number of fused-ring (bicyclic) bond motifs is 1. The molecule has 2 aromatic heterocycles. The number of esters is 1. The molecular formula is C10H10N2O3S. The van der Waals surface area contributed by atoms with E-state index in [4.69, 9.17) is 4.74 Å². The van der Waals surface area contributed by atoms with E-state index in [2.05, 4.69) is 9.97 Å². The first kappa shape index (κ1) is 10.8. The molecule has 0 bridgehead atoms. The highest BCUT2D eigenvalue weighted by Gasteiger charge is 2.09. The number of carbonyl (C=O) groups is 1. The Hall–Kier alpha value is -1.69. The van der Waals surface area contributed by atoms with Crippen molar-refractivity contribution in [2.24, 2.45) is 0 Å². The molecule has 0 saturated carbocycles. The highest BCUT2D eigenvalue weighted by Crippen LogP contribution is 2.21. The molecule has 2 heterocycles. The third-order valence-corrected chi connectivity index (χ3v) is 3.06. The number of aromatic nitrogens is 2. The first-order valence-corrected chi connectivity index (χ1v) is 5.63. The average molecular weight is 238 g/mol. The van der Waals surface area contributed by atoms with Gasteiger partial charge < -0.3 is 4.74 Å². The van der Waals surface area contributed by atoms with E-state index in [9.17, 15) is 9.59 Å². The molecule has 0 fully saturated rings. The zero-order valence-electron chi connectivity index (χ0n) is 8.86. The van der Waals surface area contributed by atoms with Crippen LogP contribution in [0, 0.1) is 6.92 Å². The lowest BCUT2D eigenvalue weighted by atomic mass is 10.3. The first-order valence-electron chi connectivity index (χ1n) is 4.81. The van der Waals surface area contributed by atoms with E-state index in [0.29, 0.717) is 12.1 Å². The van der Waals surface area contributed by atoms with Gasteiger partial charge in [-0.05, 0) is 12.5 Å². The summed E-state index contributed by atoms with van der Waals surface area (Å²) in [5, 5.41) is 0. The number of hydrogen-bond donors (Lipinski definition) is 1. The number of hydrogen-bond acceptors (Lipinski definition) is 5. The average Bonchev–Trinajstić information content (AvgIpc) is 2.59. The highest BCUT2D eigenvalue weighted by atomic mass is 32.1. The van der Waals surface area contributed by atoms with Gasteiger partial charge in [0.25, 0.3) is 0 Å². The second-order valence-corrected chi connectivity index (χ2v) is 4.28. The molecule has 6 heteroatoms. The Labute approximate surface area is 95.1 Å². The largest absolute Gasteiger partial charge is 0.407 e. The van der Waals surface area contributed by atoms with Gasteiger partial charge in [-0.2, -0.15) is 4.98 Å². The Kier molecular flexibility index (Phi) is 2.74. The van der Waals surface area contributed by atoms with Crippen molar-refractivity contribution in [3.63, 3.8) is 0 Å². The Morgan fingerprint density at radius 2 is 2.38 bits per heavy atom. The van der Waals surface area contributed by atoms with Crippen LogP contribution in [-0.4, -0.2) is 15.9 Å². The van der Waals surface area contributed by atoms with E-state index in [1.807, 2.05) is 6.92 Å².